The summed E-state index contributed by atoms with van der Waals surface area (Å²) >= 11 is 1.60. The lowest BCUT2D eigenvalue weighted by atomic mass is 9.96. The van der Waals surface area contributed by atoms with E-state index in [1.54, 1.807) is 23.5 Å². The van der Waals surface area contributed by atoms with Crippen molar-refractivity contribution in [2.24, 2.45) is 12.0 Å². The number of ether oxygens (including phenoxy) is 1. The number of aromatic nitrogens is 2. The smallest absolute Gasteiger partial charge is 0.203 e. The number of rotatable bonds is 4. The average Bonchev–Trinajstić information content (AvgIpc) is 2.94. The summed E-state index contributed by atoms with van der Waals surface area (Å²) in [5.41, 5.74) is 0.900. The van der Waals surface area contributed by atoms with Crippen molar-refractivity contribution in [1.29, 1.82) is 0 Å². The first-order valence-electron chi connectivity index (χ1n) is 8.29. The highest BCUT2D eigenvalue weighted by molar-refractivity contribution is 7.09. The van der Waals surface area contributed by atoms with Crippen LogP contribution in [0.5, 0.6) is 11.5 Å². The summed E-state index contributed by atoms with van der Waals surface area (Å²) in [5.74, 6) is 0.610. The molecule has 1 fully saturated rings. The molecule has 1 saturated carbocycles. The molecule has 24 heavy (non-hydrogen) atoms. The number of benzene rings is 1. The average molecular weight is 345 g/mol. The monoisotopic (exact) mass is 345 g/mol. The summed E-state index contributed by atoms with van der Waals surface area (Å²) in [6.45, 7) is 0. The van der Waals surface area contributed by atoms with Gasteiger partial charge in [0.1, 0.15) is 5.01 Å². The molecule has 0 bridgehead atoms. The molecule has 2 aromatic rings. The Labute approximate surface area is 146 Å². The second kappa shape index (κ2) is 7.66. The van der Waals surface area contributed by atoms with Crippen molar-refractivity contribution in [3.05, 3.63) is 33.6 Å². The van der Waals surface area contributed by atoms with Gasteiger partial charge in [-0.25, -0.2) is 4.68 Å². The first-order chi connectivity index (χ1) is 11.7. The predicted octanol–water partition coefficient (Wildman–Crippen LogP) is 3.60. The molecule has 0 atom stereocenters. The second-order valence-electron chi connectivity index (χ2n) is 6.03. The number of nitrogens with zero attached hydrogens (tertiary/aromatic N) is 3. The van der Waals surface area contributed by atoms with Gasteiger partial charge < -0.3 is 9.84 Å². The molecule has 3 rings (SSSR count). The molecule has 0 amide bonds. The molecule has 0 unspecified atom stereocenters. The third-order valence-electron chi connectivity index (χ3n) is 4.21. The zero-order chi connectivity index (χ0) is 16.9. The molecular weight excluding hydrogens is 322 g/mol. The van der Waals surface area contributed by atoms with Crippen LogP contribution in [0.1, 0.15) is 42.7 Å². The van der Waals surface area contributed by atoms with Crippen molar-refractivity contribution in [1.82, 2.24) is 9.78 Å². The molecule has 5 nitrogen and oxygen atoms in total. The quantitative estimate of drug-likeness (QED) is 0.921. The molecule has 0 radical (unpaired) electrons. The molecular formula is C18H23N3O2S. The van der Waals surface area contributed by atoms with E-state index in [0.29, 0.717) is 11.8 Å². The van der Waals surface area contributed by atoms with Crippen LogP contribution in [-0.2, 0) is 7.05 Å². The van der Waals surface area contributed by atoms with E-state index < -0.39 is 0 Å². The normalized spacial score (nSPS) is 16.8. The largest absolute Gasteiger partial charge is 0.504 e. The van der Waals surface area contributed by atoms with Gasteiger partial charge in [0.2, 0.25) is 4.80 Å². The highest BCUT2D eigenvalue weighted by atomic mass is 32.1. The second-order valence-corrected chi connectivity index (χ2v) is 7.02. The Morgan fingerprint density at radius 3 is 2.79 bits per heavy atom. The Morgan fingerprint density at radius 2 is 2.08 bits per heavy atom. The fourth-order valence-electron chi connectivity index (χ4n) is 2.89. The van der Waals surface area contributed by atoms with Crippen molar-refractivity contribution in [2.75, 3.05) is 7.11 Å². The highest BCUT2D eigenvalue weighted by Gasteiger charge is 2.12. The van der Waals surface area contributed by atoms with Crippen LogP contribution in [0.4, 0.5) is 0 Å². The van der Waals surface area contributed by atoms with Crippen molar-refractivity contribution >= 4 is 23.5 Å². The third kappa shape index (κ3) is 4.06. The first kappa shape index (κ1) is 16.8. The Balaban J connectivity index is 1.77. The highest BCUT2D eigenvalue weighted by Crippen LogP contribution is 2.27. The Kier molecular flexibility index (Phi) is 5.35. The molecule has 1 aromatic heterocycles. The van der Waals surface area contributed by atoms with Crippen LogP contribution in [0.2, 0.25) is 0 Å². The van der Waals surface area contributed by atoms with Crippen LogP contribution in [0.15, 0.2) is 23.2 Å². The van der Waals surface area contributed by atoms with E-state index in [1.165, 1.54) is 39.2 Å². The van der Waals surface area contributed by atoms with E-state index in [0.717, 1.165) is 15.4 Å². The molecule has 6 heteroatoms. The lowest BCUT2D eigenvalue weighted by molar-refractivity contribution is 0.373. The molecule has 1 N–H and O–H groups in total. The maximum absolute atomic E-state index is 9.83. The van der Waals surface area contributed by atoms with Gasteiger partial charge in [-0.05, 0) is 36.6 Å². The molecule has 1 heterocycles. The van der Waals surface area contributed by atoms with Gasteiger partial charge in [-0.3, -0.25) is 4.99 Å². The lowest BCUT2D eigenvalue weighted by Gasteiger charge is -2.16. The van der Waals surface area contributed by atoms with Gasteiger partial charge in [-0.2, -0.15) is 5.10 Å². The third-order valence-corrected chi connectivity index (χ3v) is 5.19. The van der Waals surface area contributed by atoms with Crippen LogP contribution >= 0.6 is 11.3 Å². The number of aryl methyl sites for hydroxylation is 1. The first-order valence-corrected chi connectivity index (χ1v) is 9.10. The summed E-state index contributed by atoms with van der Waals surface area (Å²) in [5, 5.41) is 15.2. The van der Waals surface area contributed by atoms with Crippen LogP contribution < -0.4 is 9.54 Å². The Hall–Kier alpha value is -2.08. The van der Waals surface area contributed by atoms with Crippen LogP contribution in [0, 0.1) is 0 Å². The minimum atomic E-state index is 0.136. The van der Waals surface area contributed by atoms with Gasteiger partial charge in [0.15, 0.2) is 11.5 Å². The zero-order valence-corrected chi connectivity index (χ0v) is 14.9. The molecule has 128 valence electrons. The van der Waals surface area contributed by atoms with Crippen LogP contribution in [-0.4, -0.2) is 28.0 Å². The summed E-state index contributed by atoms with van der Waals surface area (Å²) < 4.78 is 6.91. The maximum atomic E-state index is 9.83. The maximum Gasteiger partial charge on any atom is 0.203 e. The van der Waals surface area contributed by atoms with Crippen molar-refractivity contribution < 1.29 is 9.84 Å². The van der Waals surface area contributed by atoms with E-state index in [2.05, 4.69) is 5.10 Å². The minimum absolute atomic E-state index is 0.136. The van der Waals surface area contributed by atoms with Crippen molar-refractivity contribution in [2.45, 2.75) is 38.1 Å². The molecule has 0 saturated heterocycles. The predicted molar refractivity (Wildman–Crippen MR) is 97.1 cm³/mol. The van der Waals surface area contributed by atoms with Gasteiger partial charge in [0, 0.05) is 7.05 Å². The molecule has 1 aromatic carbocycles. The van der Waals surface area contributed by atoms with E-state index >= 15 is 0 Å². The molecule has 1 aliphatic carbocycles. The van der Waals surface area contributed by atoms with Gasteiger partial charge in [0.05, 0.1) is 13.2 Å². The topological polar surface area (TPSA) is 59.6 Å². The molecule has 0 spiro atoms. The number of phenolic OH excluding ortho intramolecular Hbond substituents is 1. The van der Waals surface area contributed by atoms with E-state index in [4.69, 9.17) is 9.73 Å². The van der Waals surface area contributed by atoms with E-state index in [-0.39, 0.29) is 5.75 Å². The van der Waals surface area contributed by atoms with Gasteiger partial charge >= 0.3 is 0 Å². The minimum Gasteiger partial charge on any atom is -0.504 e. The summed E-state index contributed by atoms with van der Waals surface area (Å²) in [4.78, 5) is 5.83. The lowest BCUT2D eigenvalue weighted by Crippen LogP contribution is -2.18. The van der Waals surface area contributed by atoms with Gasteiger partial charge in [-0.15, -0.1) is 0 Å². The fourth-order valence-corrected chi connectivity index (χ4v) is 3.75. The standard InChI is InChI=1S/C18H23N3O2S/c1-21-18(19-14-6-4-3-5-7-14)24-17(20-21)11-9-13-8-10-16(23-2)15(22)12-13/h8-12,14,22H,3-7H2,1-2H3/b11-9?,19-18-. The number of methoxy groups -OCH3 is 1. The molecule has 1 aliphatic rings. The Morgan fingerprint density at radius 1 is 1.29 bits per heavy atom. The summed E-state index contributed by atoms with van der Waals surface area (Å²) in [6.07, 6.45) is 10.2. The van der Waals surface area contributed by atoms with E-state index in [9.17, 15) is 5.11 Å². The van der Waals surface area contributed by atoms with Crippen LogP contribution in [0.25, 0.3) is 12.2 Å². The summed E-state index contributed by atoms with van der Waals surface area (Å²) in [6, 6.07) is 5.77. The number of phenols is 1. The molecule has 0 aliphatic heterocycles. The Bertz CT molecular complexity index is 786. The van der Waals surface area contributed by atoms with Gasteiger partial charge in [0.25, 0.3) is 0 Å². The van der Waals surface area contributed by atoms with Crippen molar-refractivity contribution in [3.8, 4) is 11.5 Å². The number of hydrogen-bond donors (Lipinski definition) is 1. The number of aromatic hydroxyl groups is 1. The van der Waals surface area contributed by atoms with E-state index in [1.807, 2.05) is 29.9 Å². The number of hydrogen-bond acceptors (Lipinski definition) is 5. The van der Waals surface area contributed by atoms with Crippen molar-refractivity contribution in [3.63, 3.8) is 0 Å². The fraction of sp³-hybridized carbons (Fsp3) is 0.444. The SMILES string of the molecule is COc1ccc(C=Cc2nn(C)/c(=N/C3CCCCC3)s2)cc1O. The van der Waals surface area contributed by atoms with Crippen LogP contribution in [0.3, 0.4) is 0 Å². The zero-order valence-electron chi connectivity index (χ0n) is 14.1. The summed E-state index contributed by atoms with van der Waals surface area (Å²) in [7, 11) is 3.48. The van der Waals surface area contributed by atoms with Gasteiger partial charge in [-0.1, -0.05) is 42.7 Å².